The number of hydrogen-bond donors (Lipinski definition) is 0. The molecule has 4 nitrogen and oxygen atoms in total. The van der Waals surface area contributed by atoms with Crippen LogP contribution in [0.15, 0.2) is 53.0 Å². The van der Waals surface area contributed by atoms with Crippen LogP contribution in [0.25, 0.3) is 10.9 Å². The number of halogens is 2. The molecule has 0 fully saturated rings. The average Bonchev–Trinajstić information content (AvgIpc) is 2.85. The minimum Gasteiger partial charge on any atom is -0.274 e. The third-order valence-electron chi connectivity index (χ3n) is 4.29. The molecule has 0 spiro atoms. The lowest BCUT2D eigenvalue weighted by molar-refractivity contribution is 0.0656. The molecule has 0 N–H and O–H groups in total. The molecule has 4 rings (SSSR count). The Morgan fingerprint density at radius 1 is 1.00 bits per heavy atom. The van der Waals surface area contributed by atoms with Gasteiger partial charge in [0.25, 0.3) is 11.8 Å². The third-order valence-corrected chi connectivity index (χ3v) is 5.11. The minimum absolute atomic E-state index is 0.255. The van der Waals surface area contributed by atoms with Crippen molar-refractivity contribution < 1.29 is 9.59 Å². The van der Waals surface area contributed by atoms with Gasteiger partial charge in [-0.1, -0.05) is 45.7 Å². The van der Waals surface area contributed by atoms with Crippen molar-refractivity contribution in [1.29, 1.82) is 0 Å². The summed E-state index contributed by atoms with van der Waals surface area (Å²) in [7, 11) is 0. The fourth-order valence-corrected chi connectivity index (χ4v) is 3.60. The van der Waals surface area contributed by atoms with Gasteiger partial charge in [0, 0.05) is 16.4 Å². The molecule has 3 aromatic rings. The lowest BCUT2D eigenvalue weighted by atomic mass is 10.1. The molecule has 0 saturated heterocycles. The van der Waals surface area contributed by atoms with E-state index in [4.69, 9.17) is 11.6 Å². The first-order chi connectivity index (χ1) is 12.0. The molecule has 2 aromatic carbocycles. The Morgan fingerprint density at radius 2 is 1.68 bits per heavy atom. The van der Waals surface area contributed by atoms with Crippen LogP contribution < -0.4 is 0 Å². The van der Waals surface area contributed by atoms with Gasteiger partial charge in [-0.25, -0.2) is 4.98 Å². The second kappa shape index (κ2) is 6.24. The summed E-state index contributed by atoms with van der Waals surface area (Å²) in [6.45, 7) is 0.274. The second-order valence-electron chi connectivity index (χ2n) is 5.83. The smallest absolute Gasteiger partial charge is 0.261 e. The normalized spacial score (nSPS) is 13.6. The predicted octanol–water partition coefficient (Wildman–Crippen LogP) is 4.49. The van der Waals surface area contributed by atoms with Crippen molar-refractivity contribution in [3.8, 4) is 0 Å². The Morgan fingerprint density at radius 3 is 2.36 bits per heavy atom. The number of nitrogens with zero attached hydrogens (tertiary/aromatic N) is 2. The number of benzene rings is 2. The summed E-state index contributed by atoms with van der Waals surface area (Å²) >= 11 is 9.70. The van der Waals surface area contributed by atoms with Crippen molar-refractivity contribution in [1.82, 2.24) is 9.88 Å². The van der Waals surface area contributed by atoms with Crippen LogP contribution in [-0.4, -0.2) is 28.2 Å². The van der Waals surface area contributed by atoms with Gasteiger partial charge in [0.2, 0.25) is 0 Å². The predicted molar refractivity (Wildman–Crippen MR) is 100.0 cm³/mol. The zero-order chi connectivity index (χ0) is 17.6. The van der Waals surface area contributed by atoms with Crippen LogP contribution in [-0.2, 0) is 6.42 Å². The number of rotatable bonds is 3. The SMILES string of the molecule is O=C1c2ccccc2C(=O)N1CCc1cc2ccc(Br)cc2nc1Cl. The van der Waals surface area contributed by atoms with Crippen molar-refractivity contribution >= 4 is 50.2 Å². The largest absolute Gasteiger partial charge is 0.274 e. The summed E-state index contributed by atoms with van der Waals surface area (Å²) in [6, 6.07) is 14.6. The van der Waals surface area contributed by atoms with Crippen molar-refractivity contribution in [3.63, 3.8) is 0 Å². The van der Waals surface area contributed by atoms with Gasteiger partial charge in [0.05, 0.1) is 16.6 Å². The standard InChI is InChI=1S/C19H12BrClN2O2/c20-13-6-5-11-9-12(17(21)22-16(11)10-13)7-8-23-18(24)14-3-1-2-4-15(14)19(23)25/h1-6,9-10H,7-8H2. The number of fused-ring (bicyclic) bond motifs is 2. The van der Waals surface area contributed by atoms with Crippen LogP contribution in [0, 0.1) is 0 Å². The molecule has 1 aromatic heterocycles. The maximum atomic E-state index is 12.4. The quantitative estimate of drug-likeness (QED) is 0.468. The van der Waals surface area contributed by atoms with Crippen LogP contribution in [0.2, 0.25) is 5.15 Å². The summed E-state index contributed by atoms with van der Waals surface area (Å²) in [5.41, 5.74) is 2.53. The monoisotopic (exact) mass is 414 g/mol. The first-order valence-electron chi connectivity index (χ1n) is 7.74. The molecule has 2 amide bonds. The van der Waals surface area contributed by atoms with E-state index in [-0.39, 0.29) is 18.4 Å². The van der Waals surface area contributed by atoms with Gasteiger partial charge in [0.1, 0.15) is 5.15 Å². The van der Waals surface area contributed by atoms with Gasteiger partial charge in [-0.05, 0) is 42.3 Å². The maximum Gasteiger partial charge on any atom is 0.261 e. The highest BCUT2D eigenvalue weighted by Crippen LogP contribution is 2.26. The van der Waals surface area contributed by atoms with Gasteiger partial charge < -0.3 is 0 Å². The van der Waals surface area contributed by atoms with E-state index in [1.807, 2.05) is 24.3 Å². The summed E-state index contributed by atoms with van der Waals surface area (Å²) in [6.07, 6.45) is 0.462. The van der Waals surface area contributed by atoms with Gasteiger partial charge in [0.15, 0.2) is 0 Å². The van der Waals surface area contributed by atoms with Crippen LogP contribution in [0.3, 0.4) is 0 Å². The summed E-state index contributed by atoms with van der Waals surface area (Å²) < 4.78 is 0.933. The average molecular weight is 416 g/mol. The van der Waals surface area contributed by atoms with E-state index in [9.17, 15) is 9.59 Å². The van der Waals surface area contributed by atoms with Gasteiger partial charge in [-0.3, -0.25) is 14.5 Å². The molecule has 1 aliphatic heterocycles. The lowest BCUT2D eigenvalue weighted by Crippen LogP contribution is -2.31. The molecule has 0 atom stereocenters. The summed E-state index contributed by atoms with van der Waals surface area (Å²) in [5.74, 6) is -0.510. The highest BCUT2D eigenvalue weighted by atomic mass is 79.9. The van der Waals surface area contributed by atoms with E-state index in [1.54, 1.807) is 24.3 Å². The summed E-state index contributed by atoms with van der Waals surface area (Å²) in [4.78, 5) is 30.5. The lowest BCUT2D eigenvalue weighted by Gasteiger charge is -2.14. The molecule has 0 bridgehead atoms. The molecular weight excluding hydrogens is 404 g/mol. The molecule has 0 saturated carbocycles. The number of aromatic nitrogens is 1. The number of hydrogen-bond acceptors (Lipinski definition) is 3. The Bertz CT molecular complexity index is 1000. The van der Waals surface area contributed by atoms with Crippen LogP contribution >= 0.6 is 27.5 Å². The molecular formula is C19H12BrClN2O2. The topological polar surface area (TPSA) is 50.3 Å². The zero-order valence-electron chi connectivity index (χ0n) is 13.0. The Hall–Kier alpha value is -2.24. The highest BCUT2D eigenvalue weighted by Gasteiger charge is 2.34. The Balaban J connectivity index is 1.59. The molecule has 0 unspecified atom stereocenters. The van der Waals surface area contributed by atoms with E-state index in [0.29, 0.717) is 22.7 Å². The minimum atomic E-state index is -0.255. The van der Waals surface area contributed by atoms with Crippen LogP contribution in [0.4, 0.5) is 0 Å². The van der Waals surface area contributed by atoms with E-state index >= 15 is 0 Å². The molecule has 2 heterocycles. The Kier molecular flexibility index (Phi) is 4.06. The first-order valence-corrected chi connectivity index (χ1v) is 8.91. The highest BCUT2D eigenvalue weighted by molar-refractivity contribution is 9.10. The molecule has 1 aliphatic rings. The number of amides is 2. The molecule has 124 valence electrons. The number of carbonyl (C=O) groups is 2. The summed E-state index contributed by atoms with van der Waals surface area (Å²) in [5, 5.41) is 1.35. The van der Waals surface area contributed by atoms with Crippen LogP contribution in [0.1, 0.15) is 26.3 Å². The zero-order valence-corrected chi connectivity index (χ0v) is 15.3. The first kappa shape index (κ1) is 16.2. The van der Waals surface area contributed by atoms with Crippen LogP contribution in [0.5, 0.6) is 0 Å². The number of pyridine rings is 1. The second-order valence-corrected chi connectivity index (χ2v) is 7.11. The Labute approximate surface area is 157 Å². The van der Waals surface area contributed by atoms with Crippen molar-refractivity contribution in [2.45, 2.75) is 6.42 Å². The van der Waals surface area contributed by atoms with Gasteiger partial charge >= 0.3 is 0 Å². The van der Waals surface area contributed by atoms with Crippen molar-refractivity contribution in [2.75, 3.05) is 6.54 Å². The molecule has 25 heavy (non-hydrogen) atoms. The number of imide groups is 1. The fraction of sp³-hybridized carbons (Fsp3) is 0.105. The third kappa shape index (κ3) is 2.83. The number of carbonyl (C=O) groups excluding carboxylic acids is 2. The molecule has 0 aliphatic carbocycles. The maximum absolute atomic E-state index is 12.4. The molecule has 0 radical (unpaired) electrons. The van der Waals surface area contributed by atoms with Gasteiger partial charge in [-0.2, -0.15) is 0 Å². The fourth-order valence-electron chi connectivity index (χ4n) is 3.01. The van der Waals surface area contributed by atoms with E-state index < -0.39 is 0 Å². The van der Waals surface area contributed by atoms with E-state index in [2.05, 4.69) is 20.9 Å². The van der Waals surface area contributed by atoms with Crippen molar-refractivity contribution in [2.24, 2.45) is 0 Å². The van der Waals surface area contributed by atoms with Gasteiger partial charge in [-0.15, -0.1) is 0 Å². The van der Waals surface area contributed by atoms with E-state index in [0.717, 1.165) is 20.9 Å². The van der Waals surface area contributed by atoms with E-state index in [1.165, 1.54) is 4.90 Å². The van der Waals surface area contributed by atoms with Crippen molar-refractivity contribution in [3.05, 3.63) is 74.8 Å². The molecule has 6 heteroatoms.